The van der Waals surface area contributed by atoms with Crippen molar-refractivity contribution in [3.63, 3.8) is 0 Å². The zero-order valence-electron chi connectivity index (χ0n) is 22.8. The second-order valence-electron chi connectivity index (χ2n) is 11.7. The molecule has 214 valence electrons. The zero-order chi connectivity index (χ0) is 28.1. The quantitative estimate of drug-likeness (QED) is 0.352. The molecule has 8 nitrogen and oxygen atoms in total. The highest BCUT2D eigenvalue weighted by atomic mass is 19.1. The summed E-state index contributed by atoms with van der Waals surface area (Å²) >= 11 is 0. The number of aliphatic hydroxyl groups excluding tert-OH is 1. The van der Waals surface area contributed by atoms with Crippen molar-refractivity contribution in [3.8, 4) is 23.0 Å². The number of benzene rings is 2. The number of aliphatic hydroxyl groups is 1. The number of hydrogen-bond acceptors (Lipinski definition) is 8. The molecule has 0 spiro atoms. The van der Waals surface area contributed by atoms with Crippen LogP contribution in [0.1, 0.15) is 38.5 Å². The number of pyridine rings is 1. The van der Waals surface area contributed by atoms with E-state index in [-0.39, 0.29) is 29.6 Å². The van der Waals surface area contributed by atoms with Gasteiger partial charge in [-0.05, 0) is 61.6 Å². The van der Waals surface area contributed by atoms with E-state index in [2.05, 4.69) is 14.9 Å². The third-order valence-corrected chi connectivity index (χ3v) is 8.97. The standard InChI is InChI=1S/C31H33F2N5O3/c32-20-15-31(9-4-11-38(31)17-20)18-41-30-35-28-25(29(36-30)37-10-3-6-21(39)8-12-37)16-34-27(26(28)33)24-14-22(40)13-19-5-1-2-7-23(19)24/h1-2,5,7,13-14,16,20-21,39-40H,3-4,6,8-12,15,17-18H2/t20-,21?,31?/m1/s1. The minimum atomic E-state index is -0.890. The number of aromatic nitrogens is 3. The predicted molar refractivity (Wildman–Crippen MR) is 153 cm³/mol. The molecule has 2 N–H and O–H groups in total. The summed E-state index contributed by atoms with van der Waals surface area (Å²) in [6.07, 6.45) is 4.55. The van der Waals surface area contributed by atoms with Crippen LogP contribution in [0.15, 0.2) is 42.6 Å². The first-order valence-corrected chi connectivity index (χ1v) is 14.4. The van der Waals surface area contributed by atoms with E-state index in [0.29, 0.717) is 55.7 Å². The monoisotopic (exact) mass is 561 g/mol. The van der Waals surface area contributed by atoms with Crippen LogP contribution in [0.25, 0.3) is 32.9 Å². The normalized spacial score (nSPS) is 25.1. The number of fused-ring (bicyclic) bond motifs is 3. The maximum absolute atomic E-state index is 16.5. The van der Waals surface area contributed by atoms with Crippen molar-refractivity contribution in [1.29, 1.82) is 0 Å². The smallest absolute Gasteiger partial charge is 0.319 e. The highest BCUT2D eigenvalue weighted by Crippen LogP contribution is 2.41. The maximum Gasteiger partial charge on any atom is 0.319 e. The number of phenolic OH excluding ortho intramolecular Hbond substituents is 1. The summed E-state index contributed by atoms with van der Waals surface area (Å²) in [5.74, 6) is -0.112. The predicted octanol–water partition coefficient (Wildman–Crippen LogP) is 5.00. The Morgan fingerprint density at radius 2 is 1.93 bits per heavy atom. The van der Waals surface area contributed by atoms with Crippen LogP contribution in [0.3, 0.4) is 0 Å². The van der Waals surface area contributed by atoms with E-state index in [1.54, 1.807) is 12.3 Å². The van der Waals surface area contributed by atoms with Gasteiger partial charge in [0.1, 0.15) is 35.6 Å². The van der Waals surface area contributed by atoms with Gasteiger partial charge in [-0.2, -0.15) is 9.97 Å². The molecule has 7 rings (SSSR count). The number of halogens is 2. The first kappa shape index (κ1) is 26.3. The van der Waals surface area contributed by atoms with Gasteiger partial charge in [0.25, 0.3) is 0 Å². The summed E-state index contributed by atoms with van der Waals surface area (Å²) in [6.45, 7) is 2.67. The topological polar surface area (TPSA) is 94.8 Å². The number of phenols is 1. The van der Waals surface area contributed by atoms with Crippen LogP contribution in [0, 0.1) is 5.82 Å². The zero-order valence-corrected chi connectivity index (χ0v) is 22.8. The number of rotatable bonds is 5. The van der Waals surface area contributed by atoms with Crippen LogP contribution in [0.5, 0.6) is 11.8 Å². The van der Waals surface area contributed by atoms with Gasteiger partial charge in [0.2, 0.25) is 0 Å². The molecule has 2 aromatic heterocycles. The van der Waals surface area contributed by atoms with Crippen molar-refractivity contribution in [2.45, 2.75) is 56.3 Å². The number of nitrogens with zero attached hydrogens (tertiary/aromatic N) is 5. The van der Waals surface area contributed by atoms with Crippen molar-refractivity contribution in [1.82, 2.24) is 19.9 Å². The number of ether oxygens (including phenoxy) is 1. The maximum atomic E-state index is 16.5. The number of aromatic hydroxyl groups is 1. The van der Waals surface area contributed by atoms with Crippen molar-refractivity contribution < 1.29 is 23.7 Å². The van der Waals surface area contributed by atoms with Crippen LogP contribution in [-0.4, -0.2) is 80.7 Å². The largest absolute Gasteiger partial charge is 0.508 e. The van der Waals surface area contributed by atoms with E-state index in [0.717, 1.165) is 36.6 Å². The van der Waals surface area contributed by atoms with E-state index in [1.165, 1.54) is 6.07 Å². The van der Waals surface area contributed by atoms with Gasteiger partial charge in [0.05, 0.1) is 17.0 Å². The summed E-state index contributed by atoms with van der Waals surface area (Å²) in [6, 6.07) is 10.6. The molecule has 4 aromatic rings. The Hall–Kier alpha value is -3.63. The lowest BCUT2D eigenvalue weighted by Gasteiger charge is -2.31. The molecule has 3 aliphatic heterocycles. The van der Waals surface area contributed by atoms with Crippen LogP contribution in [-0.2, 0) is 0 Å². The van der Waals surface area contributed by atoms with Gasteiger partial charge in [0.15, 0.2) is 5.82 Å². The van der Waals surface area contributed by atoms with Crippen LogP contribution < -0.4 is 9.64 Å². The second-order valence-corrected chi connectivity index (χ2v) is 11.7. The fourth-order valence-electron chi connectivity index (χ4n) is 6.94. The number of anilines is 1. The van der Waals surface area contributed by atoms with Gasteiger partial charge in [-0.1, -0.05) is 24.3 Å². The number of hydrogen-bond donors (Lipinski definition) is 2. The Balaban J connectivity index is 1.34. The lowest BCUT2D eigenvalue weighted by atomic mass is 9.95. The molecule has 0 radical (unpaired) electrons. The molecular formula is C31H33F2N5O3. The molecule has 3 atom stereocenters. The first-order valence-electron chi connectivity index (χ1n) is 14.4. The minimum absolute atomic E-state index is 0.0126. The average molecular weight is 562 g/mol. The summed E-state index contributed by atoms with van der Waals surface area (Å²) < 4.78 is 37.0. The minimum Gasteiger partial charge on any atom is -0.508 e. The molecule has 10 heteroatoms. The first-order chi connectivity index (χ1) is 19.9. The van der Waals surface area contributed by atoms with Crippen LogP contribution in [0.2, 0.25) is 0 Å². The SMILES string of the molecule is Oc1cc(-c2ncc3c(N4CCCC(O)CC4)nc(OCC45CCCN4C[C@H](F)C5)nc3c2F)c2ccccc2c1. The summed E-state index contributed by atoms with van der Waals surface area (Å²) in [5.41, 5.74) is 0.208. The van der Waals surface area contributed by atoms with E-state index < -0.39 is 23.6 Å². The van der Waals surface area contributed by atoms with Gasteiger partial charge in [-0.25, -0.2) is 8.78 Å². The van der Waals surface area contributed by atoms with Gasteiger partial charge in [-0.3, -0.25) is 9.88 Å². The molecule has 0 amide bonds. The van der Waals surface area contributed by atoms with E-state index in [1.807, 2.05) is 29.2 Å². The average Bonchev–Trinajstić information content (AvgIpc) is 3.39. The third-order valence-electron chi connectivity index (χ3n) is 8.97. The van der Waals surface area contributed by atoms with Crippen molar-refractivity contribution >= 4 is 27.5 Å². The molecule has 0 saturated carbocycles. The summed E-state index contributed by atoms with van der Waals surface area (Å²) in [7, 11) is 0. The van der Waals surface area contributed by atoms with E-state index in [9.17, 15) is 14.6 Å². The fraction of sp³-hybridized carbons (Fsp3) is 0.452. The Kier molecular flexibility index (Phi) is 6.62. The molecule has 5 heterocycles. The summed E-state index contributed by atoms with van der Waals surface area (Å²) in [5, 5.41) is 22.6. The molecule has 0 bridgehead atoms. The third kappa shape index (κ3) is 4.72. The van der Waals surface area contributed by atoms with Gasteiger partial charge in [-0.15, -0.1) is 0 Å². The van der Waals surface area contributed by atoms with Gasteiger partial charge >= 0.3 is 6.01 Å². The molecular weight excluding hydrogens is 528 g/mol. The second kappa shape index (κ2) is 10.3. The summed E-state index contributed by atoms with van der Waals surface area (Å²) in [4.78, 5) is 18.0. The molecule has 2 unspecified atom stereocenters. The van der Waals surface area contributed by atoms with Gasteiger partial charge < -0.3 is 19.8 Å². The number of alkyl halides is 1. The Labute approximate surface area is 236 Å². The Morgan fingerprint density at radius 3 is 2.83 bits per heavy atom. The lowest BCUT2D eigenvalue weighted by Crippen LogP contribution is -2.43. The van der Waals surface area contributed by atoms with Crippen LogP contribution in [0.4, 0.5) is 14.6 Å². The lowest BCUT2D eigenvalue weighted by molar-refractivity contribution is 0.107. The molecule has 3 fully saturated rings. The Morgan fingerprint density at radius 1 is 1.05 bits per heavy atom. The van der Waals surface area contributed by atoms with E-state index in [4.69, 9.17) is 9.72 Å². The van der Waals surface area contributed by atoms with E-state index >= 15 is 4.39 Å². The highest BCUT2D eigenvalue weighted by Gasteiger charge is 2.49. The molecule has 3 saturated heterocycles. The molecule has 41 heavy (non-hydrogen) atoms. The Bertz CT molecular complexity index is 1620. The van der Waals surface area contributed by atoms with Crippen molar-refractivity contribution in [3.05, 3.63) is 48.4 Å². The van der Waals surface area contributed by atoms with Crippen LogP contribution >= 0.6 is 0 Å². The van der Waals surface area contributed by atoms with Gasteiger partial charge in [0, 0.05) is 37.8 Å². The molecule has 0 aliphatic carbocycles. The van der Waals surface area contributed by atoms with Crippen molar-refractivity contribution in [2.75, 3.05) is 37.7 Å². The molecule has 3 aliphatic rings. The van der Waals surface area contributed by atoms with Crippen molar-refractivity contribution in [2.24, 2.45) is 0 Å². The molecule has 2 aromatic carbocycles. The fourth-order valence-corrected chi connectivity index (χ4v) is 6.94. The highest BCUT2D eigenvalue weighted by molar-refractivity contribution is 5.99.